The van der Waals surface area contributed by atoms with Gasteiger partial charge in [0.2, 0.25) is 0 Å². The molecule has 2 N–H and O–H groups in total. The first kappa shape index (κ1) is 17.9. The van der Waals surface area contributed by atoms with Crippen molar-refractivity contribution in [3.05, 3.63) is 90.8 Å². The molecule has 0 unspecified atom stereocenters. The van der Waals surface area contributed by atoms with E-state index in [0.29, 0.717) is 11.4 Å². The molecule has 0 bridgehead atoms. The highest BCUT2D eigenvalue weighted by atomic mass is 16.2. The molecule has 0 radical (unpaired) electrons. The molecule has 1 aliphatic heterocycles. The molecule has 0 saturated heterocycles. The fraction of sp³-hybridized carbons (Fsp3) is 0.0417. The van der Waals surface area contributed by atoms with Crippen molar-refractivity contribution in [3.8, 4) is 22.4 Å². The van der Waals surface area contributed by atoms with Gasteiger partial charge in [0, 0.05) is 42.2 Å². The number of anilines is 2. The number of aryl methyl sites for hydroxylation is 1. The van der Waals surface area contributed by atoms with Crippen molar-refractivity contribution in [3.63, 3.8) is 0 Å². The zero-order chi connectivity index (χ0) is 20.5. The Morgan fingerprint density at radius 3 is 2.37 bits per heavy atom. The number of pyridine rings is 1. The van der Waals surface area contributed by atoms with E-state index in [1.54, 1.807) is 17.1 Å². The van der Waals surface area contributed by atoms with Crippen molar-refractivity contribution < 1.29 is 4.79 Å². The van der Waals surface area contributed by atoms with Crippen LogP contribution >= 0.6 is 0 Å². The van der Waals surface area contributed by atoms with E-state index in [0.717, 1.165) is 33.8 Å². The van der Waals surface area contributed by atoms with Gasteiger partial charge in [0.15, 0.2) is 0 Å². The van der Waals surface area contributed by atoms with Crippen molar-refractivity contribution in [2.45, 2.75) is 0 Å². The summed E-state index contributed by atoms with van der Waals surface area (Å²) in [6.45, 7) is 0. The summed E-state index contributed by atoms with van der Waals surface area (Å²) in [5.41, 5.74) is 5.23. The van der Waals surface area contributed by atoms with E-state index in [4.69, 9.17) is 0 Å². The van der Waals surface area contributed by atoms with Gasteiger partial charge in [0.1, 0.15) is 11.6 Å². The number of nitrogens with zero attached hydrogens (tertiary/aromatic N) is 3. The smallest absolute Gasteiger partial charge is 0.259 e. The highest BCUT2D eigenvalue weighted by molar-refractivity contribution is 6.31. The molecule has 0 atom stereocenters. The topological polar surface area (TPSA) is 71.8 Å². The molecular weight excluding hydrogens is 374 g/mol. The van der Waals surface area contributed by atoms with Crippen molar-refractivity contribution >= 4 is 23.1 Å². The number of carbonyl (C=O) groups excluding carboxylic acids is 1. The molecule has 2 aromatic carbocycles. The molecule has 146 valence electrons. The summed E-state index contributed by atoms with van der Waals surface area (Å²) in [5.74, 6) is 1.18. The second-order valence-electron chi connectivity index (χ2n) is 7.05. The van der Waals surface area contributed by atoms with E-state index in [1.807, 2.05) is 79.8 Å². The third kappa shape index (κ3) is 3.24. The molecule has 6 nitrogen and oxygen atoms in total. The van der Waals surface area contributed by atoms with E-state index in [9.17, 15) is 4.79 Å². The zero-order valence-corrected chi connectivity index (χ0v) is 16.3. The highest BCUT2D eigenvalue weighted by Crippen LogP contribution is 2.33. The first-order valence-corrected chi connectivity index (χ1v) is 9.62. The summed E-state index contributed by atoms with van der Waals surface area (Å²) in [6.07, 6.45) is 3.49. The Labute approximate surface area is 173 Å². The maximum absolute atomic E-state index is 12.5. The standard InChI is InChI=1S/C24H19N5O/c1-29-22(13-21(28-29)17-10-6-3-7-11-17)25-15-20-19-12-18(16-8-4-2-5-9-16)14-26-23(19)27-24(20)30/h2-15,25H,1H3,(H,26,27,30). The van der Waals surface area contributed by atoms with Crippen LogP contribution in [0, 0.1) is 0 Å². The molecule has 0 saturated carbocycles. The van der Waals surface area contributed by atoms with E-state index < -0.39 is 0 Å². The van der Waals surface area contributed by atoms with Crippen molar-refractivity contribution in [1.82, 2.24) is 14.8 Å². The molecule has 1 aliphatic rings. The molecule has 5 rings (SSSR count). The molecule has 6 heteroatoms. The second kappa shape index (κ2) is 7.33. The minimum Gasteiger partial charge on any atom is -0.346 e. The molecule has 0 spiro atoms. The van der Waals surface area contributed by atoms with Gasteiger partial charge in [-0.15, -0.1) is 0 Å². The Hall–Kier alpha value is -4.19. The van der Waals surface area contributed by atoms with Gasteiger partial charge in [-0.2, -0.15) is 5.10 Å². The van der Waals surface area contributed by atoms with Gasteiger partial charge >= 0.3 is 0 Å². The lowest BCUT2D eigenvalue weighted by Crippen LogP contribution is -2.06. The number of amides is 1. The van der Waals surface area contributed by atoms with Gasteiger partial charge < -0.3 is 10.6 Å². The minimum absolute atomic E-state index is 0.180. The molecule has 4 aromatic rings. The Morgan fingerprint density at radius 2 is 1.63 bits per heavy atom. The fourth-order valence-corrected chi connectivity index (χ4v) is 3.50. The zero-order valence-electron chi connectivity index (χ0n) is 16.3. The minimum atomic E-state index is -0.180. The van der Waals surface area contributed by atoms with Crippen molar-refractivity contribution in [2.24, 2.45) is 7.05 Å². The molecule has 3 heterocycles. The SMILES string of the molecule is Cn1nc(-c2ccccc2)cc1NC=C1C(=O)Nc2ncc(-c3ccccc3)cc21. The average Bonchev–Trinajstić information content (AvgIpc) is 3.31. The van der Waals surface area contributed by atoms with E-state index in [1.165, 1.54) is 0 Å². The molecule has 2 aromatic heterocycles. The number of fused-ring (bicyclic) bond motifs is 1. The Bertz CT molecular complexity index is 1260. The Kier molecular flexibility index (Phi) is 4.37. The first-order chi connectivity index (χ1) is 14.7. The fourth-order valence-electron chi connectivity index (χ4n) is 3.50. The Morgan fingerprint density at radius 1 is 0.933 bits per heavy atom. The first-order valence-electron chi connectivity index (χ1n) is 9.62. The lowest BCUT2D eigenvalue weighted by atomic mass is 10.0. The van der Waals surface area contributed by atoms with E-state index in [2.05, 4.69) is 20.7 Å². The number of aromatic nitrogens is 3. The van der Waals surface area contributed by atoms with Crippen LogP contribution in [-0.2, 0) is 11.8 Å². The number of nitrogens with one attached hydrogen (secondary N) is 2. The predicted molar refractivity (Wildman–Crippen MR) is 119 cm³/mol. The van der Waals surface area contributed by atoms with Crippen LogP contribution < -0.4 is 10.6 Å². The lowest BCUT2D eigenvalue weighted by Gasteiger charge is -2.05. The highest BCUT2D eigenvalue weighted by Gasteiger charge is 2.26. The van der Waals surface area contributed by atoms with Gasteiger partial charge in [-0.25, -0.2) is 4.98 Å². The number of carbonyl (C=O) groups is 1. The quantitative estimate of drug-likeness (QED) is 0.499. The molecule has 0 fully saturated rings. The summed E-state index contributed by atoms with van der Waals surface area (Å²) in [6, 6.07) is 23.9. The summed E-state index contributed by atoms with van der Waals surface area (Å²) >= 11 is 0. The summed E-state index contributed by atoms with van der Waals surface area (Å²) in [5, 5.41) is 10.6. The van der Waals surface area contributed by atoms with Crippen LogP contribution in [0.2, 0.25) is 0 Å². The van der Waals surface area contributed by atoms with Gasteiger partial charge in [-0.05, 0) is 11.6 Å². The Balaban J connectivity index is 1.46. The van der Waals surface area contributed by atoms with Crippen LogP contribution in [0.15, 0.2) is 85.2 Å². The van der Waals surface area contributed by atoms with Crippen LogP contribution in [0.25, 0.3) is 28.0 Å². The predicted octanol–water partition coefficient (Wildman–Crippen LogP) is 4.55. The number of hydrogen-bond donors (Lipinski definition) is 2. The lowest BCUT2D eigenvalue weighted by molar-refractivity contribution is -0.110. The number of hydrogen-bond acceptors (Lipinski definition) is 4. The molecule has 0 aliphatic carbocycles. The van der Waals surface area contributed by atoms with Crippen LogP contribution in [0.3, 0.4) is 0 Å². The van der Waals surface area contributed by atoms with Crippen LogP contribution in [0.4, 0.5) is 11.6 Å². The molecular formula is C24H19N5O. The largest absolute Gasteiger partial charge is 0.346 e. The third-order valence-corrected chi connectivity index (χ3v) is 5.08. The van der Waals surface area contributed by atoms with Crippen molar-refractivity contribution in [1.29, 1.82) is 0 Å². The van der Waals surface area contributed by atoms with E-state index >= 15 is 0 Å². The maximum atomic E-state index is 12.5. The monoisotopic (exact) mass is 393 g/mol. The summed E-state index contributed by atoms with van der Waals surface area (Å²) in [4.78, 5) is 17.0. The van der Waals surface area contributed by atoms with Crippen LogP contribution in [-0.4, -0.2) is 20.7 Å². The normalized spacial score (nSPS) is 13.9. The molecule has 30 heavy (non-hydrogen) atoms. The second-order valence-corrected chi connectivity index (χ2v) is 7.05. The molecule has 1 amide bonds. The van der Waals surface area contributed by atoms with Gasteiger partial charge in [0.25, 0.3) is 5.91 Å². The summed E-state index contributed by atoms with van der Waals surface area (Å²) in [7, 11) is 1.87. The number of benzene rings is 2. The van der Waals surface area contributed by atoms with Gasteiger partial charge in [-0.1, -0.05) is 60.7 Å². The van der Waals surface area contributed by atoms with Crippen LogP contribution in [0.5, 0.6) is 0 Å². The van der Waals surface area contributed by atoms with Gasteiger partial charge in [0.05, 0.1) is 11.3 Å². The van der Waals surface area contributed by atoms with Gasteiger partial charge in [-0.3, -0.25) is 9.48 Å². The average molecular weight is 393 g/mol. The van der Waals surface area contributed by atoms with Crippen LogP contribution in [0.1, 0.15) is 5.56 Å². The summed E-state index contributed by atoms with van der Waals surface area (Å²) < 4.78 is 1.76. The number of rotatable bonds is 4. The van der Waals surface area contributed by atoms with E-state index in [-0.39, 0.29) is 5.91 Å². The van der Waals surface area contributed by atoms with Crippen molar-refractivity contribution in [2.75, 3.05) is 10.6 Å². The third-order valence-electron chi connectivity index (χ3n) is 5.08. The maximum Gasteiger partial charge on any atom is 0.259 e.